The normalized spacial score (nSPS) is 20.5. The number of nitrogens with zero attached hydrogens (tertiary/aromatic N) is 4. The number of carboxylic acid groups (broad SMARTS) is 1. The molecule has 1 aliphatic rings. The van der Waals surface area contributed by atoms with E-state index in [0.717, 1.165) is 16.8 Å². The second kappa shape index (κ2) is 7.01. The summed E-state index contributed by atoms with van der Waals surface area (Å²) in [5.74, 6) is -2.03. The number of hydrogen-bond donors (Lipinski definition) is 1. The van der Waals surface area contributed by atoms with Gasteiger partial charge in [0.25, 0.3) is 5.91 Å². The molecular weight excluding hydrogens is 365 g/mol. The first kappa shape index (κ1) is 18.9. The van der Waals surface area contributed by atoms with E-state index in [1.807, 2.05) is 0 Å². The Morgan fingerprint density at radius 1 is 1.30 bits per heavy atom. The number of amides is 1. The van der Waals surface area contributed by atoms with Crippen molar-refractivity contribution in [2.45, 2.75) is 19.5 Å². The second-order valence-electron chi connectivity index (χ2n) is 6.56. The van der Waals surface area contributed by atoms with E-state index in [1.54, 1.807) is 6.92 Å². The van der Waals surface area contributed by atoms with Crippen molar-refractivity contribution in [3.8, 4) is 5.69 Å². The van der Waals surface area contributed by atoms with Crippen molar-refractivity contribution in [2.75, 3.05) is 13.1 Å². The molecule has 1 aromatic heterocycles. The van der Waals surface area contributed by atoms with E-state index in [9.17, 15) is 22.8 Å². The number of likely N-dealkylation sites (tertiary alicyclic amines) is 1. The highest BCUT2D eigenvalue weighted by atomic mass is 19.4. The molecule has 1 aliphatic heterocycles. The van der Waals surface area contributed by atoms with Gasteiger partial charge in [0.1, 0.15) is 0 Å². The van der Waals surface area contributed by atoms with Crippen LogP contribution in [0.5, 0.6) is 0 Å². The van der Waals surface area contributed by atoms with Crippen molar-refractivity contribution in [1.29, 1.82) is 0 Å². The molecule has 2 heterocycles. The molecule has 10 heteroatoms. The SMILES string of the molecule is CC1CN(C(=O)c2cn(-c3cccc(C(F)(F)F)c3)nn2)CCC1C(=O)O. The summed E-state index contributed by atoms with van der Waals surface area (Å²) in [6.45, 7) is 2.31. The summed E-state index contributed by atoms with van der Waals surface area (Å²) in [6, 6.07) is 4.54. The van der Waals surface area contributed by atoms with E-state index in [1.165, 1.54) is 23.2 Å². The van der Waals surface area contributed by atoms with Crippen LogP contribution in [0.1, 0.15) is 29.4 Å². The number of hydrogen-bond acceptors (Lipinski definition) is 4. The molecule has 1 fully saturated rings. The van der Waals surface area contributed by atoms with Gasteiger partial charge in [0.05, 0.1) is 23.4 Å². The third-order valence-corrected chi connectivity index (χ3v) is 4.66. The van der Waals surface area contributed by atoms with Gasteiger partial charge in [-0.1, -0.05) is 18.2 Å². The molecule has 0 spiro atoms. The second-order valence-corrected chi connectivity index (χ2v) is 6.56. The van der Waals surface area contributed by atoms with Gasteiger partial charge in [-0.2, -0.15) is 13.2 Å². The van der Waals surface area contributed by atoms with Gasteiger partial charge in [-0.3, -0.25) is 9.59 Å². The molecule has 1 aromatic carbocycles. The Balaban J connectivity index is 1.76. The molecule has 0 bridgehead atoms. The van der Waals surface area contributed by atoms with Gasteiger partial charge in [-0.15, -0.1) is 5.10 Å². The Hall–Kier alpha value is -2.91. The first-order valence-corrected chi connectivity index (χ1v) is 8.29. The maximum Gasteiger partial charge on any atom is 0.416 e. The molecule has 2 atom stereocenters. The summed E-state index contributed by atoms with van der Waals surface area (Å²) in [6.07, 6.45) is -2.88. The lowest BCUT2D eigenvalue weighted by Gasteiger charge is -2.34. The zero-order valence-electron chi connectivity index (χ0n) is 14.3. The molecule has 144 valence electrons. The minimum Gasteiger partial charge on any atom is -0.481 e. The molecule has 0 radical (unpaired) electrons. The average Bonchev–Trinajstić information content (AvgIpc) is 3.10. The predicted molar refractivity (Wildman–Crippen MR) is 87.2 cm³/mol. The topological polar surface area (TPSA) is 88.3 Å². The first-order chi connectivity index (χ1) is 12.7. The zero-order chi connectivity index (χ0) is 19.8. The van der Waals surface area contributed by atoms with Gasteiger partial charge in [-0.05, 0) is 30.5 Å². The van der Waals surface area contributed by atoms with Crippen LogP contribution in [-0.4, -0.2) is 50.0 Å². The molecular formula is C17H17F3N4O3. The van der Waals surface area contributed by atoms with Crippen molar-refractivity contribution in [2.24, 2.45) is 11.8 Å². The Morgan fingerprint density at radius 2 is 2.04 bits per heavy atom. The fraction of sp³-hybridized carbons (Fsp3) is 0.412. The summed E-state index contributed by atoms with van der Waals surface area (Å²) in [4.78, 5) is 25.2. The van der Waals surface area contributed by atoms with Crippen LogP contribution >= 0.6 is 0 Å². The largest absolute Gasteiger partial charge is 0.481 e. The maximum absolute atomic E-state index is 12.8. The van der Waals surface area contributed by atoms with Crippen LogP contribution in [0.3, 0.4) is 0 Å². The van der Waals surface area contributed by atoms with Gasteiger partial charge >= 0.3 is 12.1 Å². The summed E-state index contributed by atoms with van der Waals surface area (Å²) < 4.78 is 39.6. The smallest absolute Gasteiger partial charge is 0.416 e. The number of piperidine rings is 1. The molecule has 1 amide bonds. The Kier molecular flexibility index (Phi) is 4.90. The number of rotatable bonds is 3. The summed E-state index contributed by atoms with van der Waals surface area (Å²) in [5, 5.41) is 16.7. The van der Waals surface area contributed by atoms with Crippen LogP contribution in [0.15, 0.2) is 30.5 Å². The van der Waals surface area contributed by atoms with E-state index in [4.69, 9.17) is 5.11 Å². The molecule has 0 aliphatic carbocycles. The van der Waals surface area contributed by atoms with Crippen LogP contribution in [0, 0.1) is 11.8 Å². The van der Waals surface area contributed by atoms with Crippen LogP contribution in [0.4, 0.5) is 13.2 Å². The lowest BCUT2D eigenvalue weighted by Crippen LogP contribution is -2.45. The van der Waals surface area contributed by atoms with Gasteiger partial charge in [0, 0.05) is 13.1 Å². The number of carboxylic acids is 1. The molecule has 7 nitrogen and oxygen atoms in total. The Morgan fingerprint density at radius 3 is 2.67 bits per heavy atom. The number of benzene rings is 1. The van der Waals surface area contributed by atoms with Gasteiger partial charge < -0.3 is 10.0 Å². The van der Waals surface area contributed by atoms with E-state index < -0.39 is 29.5 Å². The average molecular weight is 382 g/mol. The van der Waals surface area contributed by atoms with Crippen LogP contribution in [-0.2, 0) is 11.0 Å². The maximum atomic E-state index is 12.8. The van der Waals surface area contributed by atoms with Crippen molar-refractivity contribution in [3.63, 3.8) is 0 Å². The monoisotopic (exact) mass is 382 g/mol. The fourth-order valence-corrected chi connectivity index (χ4v) is 3.17. The molecule has 27 heavy (non-hydrogen) atoms. The Labute approximate surface area is 152 Å². The number of aliphatic carboxylic acids is 1. The summed E-state index contributed by atoms with van der Waals surface area (Å²) in [5.41, 5.74) is -0.698. The predicted octanol–water partition coefficient (Wildman–Crippen LogP) is 2.47. The van der Waals surface area contributed by atoms with Gasteiger partial charge in [0.15, 0.2) is 5.69 Å². The highest BCUT2D eigenvalue weighted by Crippen LogP contribution is 2.30. The van der Waals surface area contributed by atoms with Crippen molar-refractivity contribution in [3.05, 3.63) is 41.7 Å². The summed E-state index contributed by atoms with van der Waals surface area (Å²) >= 11 is 0. The van der Waals surface area contributed by atoms with E-state index >= 15 is 0 Å². The van der Waals surface area contributed by atoms with Crippen LogP contribution in [0.25, 0.3) is 5.69 Å². The van der Waals surface area contributed by atoms with Crippen LogP contribution in [0.2, 0.25) is 0 Å². The molecule has 2 aromatic rings. The number of halogens is 3. The molecule has 1 saturated heterocycles. The number of carbonyl (C=O) groups is 2. The van der Waals surface area contributed by atoms with Crippen LogP contribution < -0.4 is 0 Å². The third-order valence-electron chi connectivity index (χ3n) is 4.66. The minimum atomic E-state index is -4.49. The van der Waals surface area contributed by atoms with Crippen molar-refractivity contribution in [1.82, 2.24) is 19.9 Å². The third kappa shape index (κ3) is 3.93. The van der Waals surface area contributed by atoms with E-state index in [0.29, 0.717) is 6.42 Å². The van der Waals surface area contributed by atoms with Crippen molar-refractivity contribution >= 4 is 11.9 Å². The van der Waals surface area contributed by atoms with E-state index in [2.05, 4.69) is 10.3 Å². The molecule has 2 unspecified atom stereocenters. The molecule has 1 N–H and O–H groups in total. The molecule has 0 saturated carbocycles. The quantitative estimate of drug-likeness (QED) is 0.881. The van der Waals surface area contributed by atoms with Crippen molar-refractivity contribution < 1.29 is 27.9 Å². The fourth-order valence-electron chi connectivity index (χ4n) is 3.17. The standard InChI is InChI=1S/C17H17F3N4O3/c1-10-8-23(6-5-13(10)16(26)27)15(25)14-9-24(22-21-14)12-4-2-3-11(7-12)17(18,19)20/h2-4,7,9-10,13H,5-6,8H2,1H3,(H,26,27). The first-order valence-electron chi connectivity index (χ1n) is 8.29. The minimum absolute atomic E-state index is 0.00612. The number of carbonyl (C=O) groups excluding carboxylic acids is 1. The highest BCUT2D eigenvalue weighted by molar-refractivity contribution is 5.92. The Bertz CT molecular complexity index is 865. The molecule has 3 rings (SSSR count). The lowest BCUT2D eigenvalue weighted by atomic mass is 9.87. The zero-order valence-corrected chi connectivity index (χ0v) is 14.3. The number of aromatic nitrogens is 3. The summed E-state index contributed by atoms with van der Waals surface area (Å²) in [7, 11) is 0. The van der Waals surface area contributed by atoms with E-state index in [-0.39, 0.29) is 30.4 Å². The highest BCUT2D eigenvalue weighted by Gasteiger charge is 2.34. The van der Waals surface area contributed by atoms with Gasteiger partial charge in [0.2, 0.25) is 0 Å². The lowest BCUT2D eigenvalue weighted by molar-refractivity contribution is -0.145. The van der Waals surface area contributed by atoms with Gasteiger partial charge in [-0.25, -0.2) is 4.68 Å². The number of alkyl halides is 3.